The lowest BCUT2D eigenvalue weighted by Crippen LogP contribution is -2.01. The Morgan fingerprint density at radius 2 is 0.680 bits per heavy atom. The maximum absolute atomic E-state index is 5.07. The van der Waals surface area contributed by atoms with Crippen molar-refractivity contribution in [2.24, 2.45) is 0 Å². The van der Waals surface area contributed by atoms with Crippen LogP contribution in [-0.4, -0.2) is 28.7 Å². The lowest BCUT2D eigenvalue weighted by atomic mass is 9.96. The molecule has 6 nitrogen and oxygen atoms in total. The summed E-state index contributed by atoms with van der Waals surface area (Å²) >= 11 is 0. The van der Waals surface area contributed by atoms with E-state index in [1.807, 2.05) is 60.7 Å². The Labute approximate surface area is 432 Å². The SMILES string of the molecule is c1ccc(-c2ccc(-c3cccc4c5ccccc5n(-c5ccccc5)c34)c(-n3c4ccccc4c4c3ccc3c5ccccc5n(-c5ccc(-c6nc(-c7ccccc7)nc(-c7ccccc7)n6)cc5)c34)c2)cc1. The van der Waals surface area contributed by atoms with Gasteiger partial charge in [0, 0.05) is 71.5 Å². The van der Waals surface area contributed by atoms with Gasteiger partial charge in [-0.15, -0.1) is 0 Å². The van der Waals surface area contributed by atoms with E-state index in [4.69, 9.17) is 15.0 Å². The van der Waals surface area contributed by atoms with Gasteiger partial charge in [0.15, 0.2) is 17.5 Å². The van der Waals surface area contributed by atoms with Crippen molar-refractivity contribution < 1.29 is 0 Å². The van der Waals surface area contributed by atoms with Crippen LogP contribution in [0.1, 0.15) is 0 Å². The average molecular weight is 957 g/mol. The third-order valence-electron chi connectivity index (χ3n) is 14.9. The van der Waals surface area contributed by atoms with Crippen molar-refractivity contribution in [2.45, 2.75) is 0 Å². The number of hydrogen-bond donors (Lipinski definition) is 0. The zero-order chi connectivity index (χ0) is 49.4. The lowest BCUT2D eigenvalue weighted by molar-refractivity contribution is 1.07. The van der Waals surface area contributed by atoms with Gasteiger partial charge >= 0.3 is 0 Å². The van der Waals surface area contributed by atoms with Gasteiger partial charge in [-0.2, -0.15) is 0 Å². The second kappa shape index (κ2) is 17.3. The molecule has 15 rings (SSSR count). The highest BCUT2D eigenvalue weighted by molar-refractivity contribution is 6.26. The first kappa shape index (κ1) is 42.5. The molecule has 0 amide bonds. The van der Waals surface area contributed by atoms with Crippen LogP contribution in [0.4, 0.5) is 0 Å². The molecule has 0 fully saturated rings. The molecule has 4 heterocycles. The molecule has 0 saturated heterocycles. The van der Waals surface area contributed by atoms with Crippen molar-refractivity contribution in [3.8, 4) is 73.5 Å². The van der Waals surface area contributed by atoms with E-state index >= 15 is 0 Å². The first-order valence-electron chi connectivity index (χ1n) is 25.4. The van der Waals surface area contributed by atoms with Crippen LogP contribution in [-0.2, 0) is 0 Å². The van der Waals surface area contributed by atoms with Crippen LogP contribution in [0.15, 0.2) is 267 Å². The Bertz CT molecular complexity index is 4610. The van der Waals surface area contributed by atoms with E-state index in [1.54, 1.807) is 0 Å². The molecule has 0 spiro atoms. The van der Waals surface area contributed by atoms with E-state index in [0.717, 1.165) is 72.5 Å². The monoisotopic (exact) mass is 956 g/mol. The Kier molecular flexibility index (Phi) is 9.78. The molecule has 0 atom stereocenters. The molecule has 350 valence electrons. The molecule has 0 unspecified atom stereocenters. The maximum atomic E-state index is 5.07. The van der Waals surface area contributed by atoms with Crippen LogP contribution in [0.5, 0.6) is 0 Å². The van der Waals surface area contributed by atoms with Gasteiger partial charge in [0.25, 0.3) is 0 Å². The number of para-hydroxylation sites is 5. The van der Waals surface area contributed by atoms with E-state index in [-0.39, 0.29) is 0 Å². The van der Waals surface area contributed by atoms with Crippen LogP contribution in [0.25, 0.3) is 139 Å². The van der Waals surface area contributed by atoms with Crippen molar-refractivity contribution in [2.75, 3.05) is 0 Å². The first-order chi connectivity index (χ1) is 37.2. The van der Waals surface area contributed by atoms with E-state index in [0.29, 0.717) is 17.5 Å². The van der Waals surface area contributed by atoms with E-state index in [1.165, 1.54) is 48.9 Å². The lowest BCUT2D eigenvalue weighted by Gasteiger charge is -2.18. The third-order valence-corrected chi connectivity index (χ3v) is 14.9. The molecule has 11 aromatic carbocycles. The fourth-order valence-corrected chi connectivity index (χ4v) is 11.6. The Hall–Kier alpha value is -10.2. The normalized spacial score (nSPS) is 11.7. The van der Waals surface area contributed by atoms with Crippen LogP contribution in [0.2, 0.25) is 0 Å². The minimum atomic E-state index is 0.621. The van der Waals surface area contributed by atoms with Gasteiger partial charge in [-0.1, -0.05) is 200 Å². The molecule has 0 aliphatic rings. The summed E-state index contributed by atoms with van der Waals surface area (Å²) < 4.78 is 7.41. The van der Waals surface area contributed by atoms with Crippen LogP contribution in [0, 0.1) is 0 Å². The van der Waals surface area contributed by atoms with E-state index < -0.39 is 0 Å². The van der Waals surface area contributed by atoms with Gasteiger partial charge in [-0.05, 0) is 77.9 Å². The molecule has 0 N–H and O–H groups in total. The number of aromatic nitrogens is 6. The molecule has 0 bridgehead atoms. The van der Waals surface area contributed by atoms with E-state index in [2.05, 4.69) is 220 Å². The Morgan fingerprint density at radius 3 is 1.28 bits per heavy atom. The first-order valence-corrected chi connectivity index (χ1v) is 25.4. The standard InChI is InChI=1S/C69H44N6/c1-5-20-45(21-6-1)49-38-41-54(56-32-19-31-55-52-28-13-16-33-59(52)73(65(55)56)50-26-11-4-12-27-50)63(44-49)75-61-35-18-15-30-58(61)64-62(75)43-42-57-53-29-14-17-34-60(53)74(66(57)64)51-39-36-48(37-40-51)69-71-67(46-22-7-2-8-23-46)70-68(72-69)47-24-9-3-10-25-47/h1-44H. The zero-order valence-corrected chi connectivity index (χ0v) is 40.6. The summed E-state index contributed by atoms with van der Waals surface area (Å²) in [6.45, 7) is 0. The number of benzene rings is 11. The predicted octanol–water partition coefficient (Wildman–Crippen LogP) is 17.5. The van der Waals surface area contributed by atoms with Gasteiger partial charge in [-0.3, -0.25) is 0 Å². The predicted molar refractivity (Wildman–Crippen MR) is 310 cm³/mol. The highest BCUT2D eigenvalue weighted by Gasteiger charge is 2.25. The van der Waals surface area contributed by atoms with Crippen molar-refractivity contribution in [3.63, 3.8) is 0 Å². The minimum Gasteiger partial charge on any atom is -0.309 e. The Morgan fingerprint density at radius 1 is 0.240 bits per heavy atom. The molecule has 4 aromatic heterocycles. The Balaban J connectivity index is 0.979. The second-order valence-electron chi connectivity index (χ2n) is 19.1. The quantitative estimate of drug-likeness (QED) is 0.152. The summed E-state index contributed by atoms with van der Waals surface area (Å²) in [5.74, 6) is 1.89. The van der Waals surface area contributed by atoms with Gasteiger partial charge < -0.3 is 13.7 Å². The van der Waals surface area contributed by atoms with E-state index in [9.17, 15) is 0 Å². The van der Waals surface area contributed by atoms with Crippen LogP contribution >= 0.6 is 0 Å². The number of fused-ring (bicyclic) bond motifs is 10. The van der Waals surface area contributed by atoms with Gasteiger partial charge in [0.05, 0.1) is 38.8 Å². The molecule has 75 heavy (non-hydrogen) atoms. The van der Waals surface area contributed by atoms with Gasteiger partial charge in [0.2, 0.25) is 0 Å². The molecular weight excluding hydrogens is 913 g/mol. The molecule has 6 heteroatoms. The highest BCUT2D eigenvalue weighted by atomic mass is 15.0. The third kappa shape index (κ3) is 6.84. The molecule has 0 aliphatic carbocycles. The van der Waals surface area contributed by atoms with Crippen LogP contribution in [0.3, 0.4) is 0 Å². The smallest absolute Gasteiger partial charge is 0.164 e. The fraction of sp³-hybridized carbons (Fsp3) is 0. The van der Waals surface area contributed by atoms with Crippen LogP contribution < -0.4 is 0 Å². The minimum absolute atomic E-state index is 0.621. The summed E-state index contributed by atoms with van der Waals surface area (Å²) in [5.41, 5.74) is 17.6. The fourth-order valence-electron chi connectivity index (χ4n) is 11.6. The van der Waals surface area contributed by atoms with Crippen molar-refractivity contribution >= 4 is 65.4 Å². The van der Waals surface area contributed by atoms with Gasteiger partial charge in [-0.25, -0.2) is 15.0 Å². The molecule has 0 aliphatic heterocycles. The summed E-state index contributed by atoms with van der Waals surface area (Å²) in [7, 11) is 0. The summed E-state index contributed by atoms with van der Waals surface area (Å²) in [6.07, 6.45) is 0. The van der Waals surface area contributed by atoms with Crippen molar-refractivity contribution in [1.29, 1.82) is 0 Å². The number of nitrogens with zero attached hydrogens (tertiary/aromatic N) is 6. The summed E-state index contributed by atoms with van der Waals surface area (Å²) in [6, 6.07) is 95.5. The summed E-state index contributed by atoms with van der Waals surface area (Å²) in [4.78, 5) is 15.1. The summed E-state index contributed by atoms with van der Waals surface area (Å²) in [5, 5.41) is 7.20. The van der Waals surface area contributed by atoms with Gasteiger partial charge in [0.1, 0.15) is 0 Å². The number of rotatable bonds is 8. The second-order valence-corrected chi connectivity index (χ2v) is 19.1. The molecule has 0 saturated carbocycles. The average Bonchev–Trinajstić information content (AvgIpc) is 4.17. The number of hydrogen-bond acceptors (Lipinski definition) is 3. The topological polar surface area (TPSA) is 53.5 Å². The largest absolute Gasteiger partial charge is 0.309 e. The van der Waals surface area contributed by atoms with Crippen molar-refractivity contribution in [3.05, 3.63) is 267 Å². The molecular formula is C69H44N6. The maximum Gasteiger partial charge on any atom is 0.164 e. The highest BCUT2D eigenvalue weighted by Crippen LogP contribution is 2.46. The zero-order valence-electron chi connectivity index (χ0n) is 40.6. The molecule has 0 radical (unpaired) electrons. The van der Waals surface area contributed by atoms with Crippen molar-refractivity contribution in [1.82, 2.24) is 28.7 Å². The molecule has 15 aromatic rings.